The summed E-state index contributed by atoms with van der Waals surface area (Å²) in [7, 11) is 0. The van der Waals surface area contributed by atoms with Gasteiger partial charge in [-0.15, -0.1) is 11.8 Å². The molecule has 8 heteroatoms. The van der Waals surface area contributed by atoms with Crippen molar-refractivity contribution >= 4 is 29.4 Å². The Morgan fingerprint density at radius 2 is 1.88 bits per heavy atom. The van der Waals surface area contributed by atoms with Crippen LogP contribution in [0.2, 0.25) is 0 Å². The number of carbonyl (C=O) groups is 3. The number of rotatable bonds is 6. The zero-order valence-electron chi connectivity index (χ0n) is 14.4. The first-order chi connectivity index (χ1) is 11.6. The van der Waals surface area contributed by atoms with Crippen LogP contribution in [-0.4, -0.2) is 45.0 Å². The summed E-state index contributed by atoms with van der Waals surface area (Å²) in [5.41, 5.74) is 6.61. The van der Waals surface area contributed by atoms with Crippen LogP contribution in [0.25, 0.3) is 0 Å². The Hall–Kier alpha value is -1.90. The van der Waals surface area contributed by atoms with Gasteiger partial charge in [-0.25, -0.2) is 0 Å². The molecule has 25 heavy (non-hydrogen) atoms. The number of hydrogen-bond donors (Lipinski definition) is 4. The molecule has 1 aromatic rings. The van der Waals surface area contributed by atoms with Crippen molar-refractivity contribution in [3.05, 3.63) is 35.9 Å². The normalized spacial score (nSPS) is 24.3. The smallest absolute Gasteiger partial charge is 0.322 e. The summed E-state index contributed by atoms with van der Waals surface area (Å²) in [6.45, 7) is 4.94. The summed E-state index contributed by atoms with van der Waals surface area (Å²) in [5, 5.41) is 14.4. The van der Waals surface area contributed by atoms with Gasteiger partial charge in [0.25, 0.3) is 0 Å². The van der Waals surface area contributed by atoms with E-state index in [0.717, 1.165) is 0 Å². The third kappa shape index (κ3) is 4.39. The number of carboxylic acids is 1. The Morgan fingerprint density at radius 3 is 2.36 bits per heavy atom. The van der Waals surface area contributed by atoms with Gasteiger partial charge in [-0.05, 0) is 26.3 Å². The molecule has 1 amide bonds. The van der Waals surface area contributed by atoms with E-state index >= 15 is 0 Å². The maximum Gasteiger partial charge on any atom is 0.322 e. The highest BCUT2D eigenvalue weighted by atomic mass is 32.2. The SMILES string of the molecule is CC(=O)[C@@H](NC(=O)[C@H](N)c1ccccc1)[C@@H]1N[C@@H](C(=O)O)C(C)(C)S1. The van der Waals surface area contributed by atoms with E-state index in [9.17, 15) is 19.5 Å². The highest BCUT2D eigenvalue weighted by Gasteiger charge is 2.48. The Labute approximate surface area is 150 Å². The van der Waals surface area contributed by atoms with E-state index in [1.807, 2.05) is 6.07 Å². The minimum Gasteiger partial charge on any atom is -0.480 e. The van der Waals surface area contributed by atoms with Crippen LogP contribution in [0.4, 0.5) is 0 Å². The molecule has 7 nitrogen and oxygen atoms in total. The lowest BCUT2D eigenvalue weighted by Gasteiger charge is -2.24. The molecule has 1 heterocycles. The van der Waals surface area contributed by atoms with Crippen LogP contribution in [-0.2, 0) is 14.4 Å². The van der Waals surface area contributed by atoms with E-state index in [2.05, 4.69) is 10.6 Å². The molecule has 0 aromatic heterocycles. The van der Waals surface area contributed by atoms with Crippen LogP contribution in [0.15, 0.2) is 30.3 Å². The summed E-state index contributed by atoms with van der Waals surface area (Å²) in [6.07, 6.45) is 0. The number of benzene rings is 1. The van der Waals surface area contributed by atoms with E-state index in [1.165, 1.54) is 18.7 Å². The Morgan fingerprint density at radius 1 is 1.28 bits per heavy atom. The lowest BCUT2D eigenvalue weighted by atomic mass is 10.0. The number of thioether (sulfide) groups is 1. The molecule has 2 rings (SSSR count). The molecular formula is C17H23N3O4S. The standard InChI is InChI=1S/C17H23N3O4S/c1-9(21)12(15-20-13(16(23)24)17(2,3)25-15)19-14(22)11(18)10-7-5-4-6-8-10/h4-8,11-13,15,20H,18H2,1-3H3,(H,19,22)(H,23,24)/t11-,12-,13+,15-/m1/s1. The number of nitrogens with one attached hydrogen (secondary N) is 2. The molecule has 1 aliphatic rings. The van der Waals surface area contributed by atoms with Crippen molar-refractivity contribution < 1.29 is 19.5 Å². The van der Waals surface area contributed by atoms with Gasteiger partial charge in [-0.3, -0.25) is 19.7 Å². The average Bonchev–Trinajstić information content (AvgIpc) is 2.87. The molecule has 1 saturated heterocycles. The minimum atomic E-state index is -0.991. The fourth-order valence-electron chi connectivity index (χ4n) is 2.77. The Bertz CT molecular complexity index is 665. The highest BCUT2D eigenvalue weighted by molar-refractivity contribution is 8.01. The molecule has 1 aliphatic heterocycles. The molecule has 0 unspecified atom stereocenters. The fraction of sp³-hybridized carbons (Fsp3) is 0.471. The first-order valence-corrected chi connectivity index (χ1v) is 8.79. The zero-order chi connectivity index (χ0) is 18.8. The molecule has 0 radical (unpaired) electrons. The van der Waals surface area contributed by atoms with Crippen molar-refractivity contribution in [2.75, 3.05) is 0 Å². The number of carbonyl (C=O) groups excluding carboxylic acids is 2. The molecule has 1 fully saturated rings. The number of carboxylic acid groups (broad SMARTS) is 1. The van der Waals surface area contributed by atoms with Crippen molar-refractivity contribution in [3.63, 3.8) is 0 Å². The molecular weight excluding hydrogens is 342 g/mol. The first-order valence-electron chi connectivity index (χ1n) is 7.91. The van der Waals surface area contributed by atoms with Crippen LogP contribution in [0.1, 0.15) is 32.4 Å². The molecule has 4 atom stereocenters. The number of nitrogens with two attached hydrogens (primary N) is 1. The van der Waals surface area contributed by atoms with Gasteiger partial charge in [0.05, 0.1) is 5.37 Å². The minimum absolute atomic E-state index is 0.263. The van der Waals surface area contributed by atoms with E-state index in [4.69, 9.17) is 5.73 Å². The third-order valence-electron chi connectivity index (χ3n) is 4.18. The van der Waals surface area contributed by atoms with Gasteiger partial charge in [0.1, 0.15) is 18.1 Å². The molecule has 0 bridgehead atoms. The zero-order valence-corrected chi connectivity index (χ0v) is 15.2. The number of aliphatic carboxylic acids is 1. The van der Waals surface area contributed by atoms with Gasteiger partial charge < -0.3 is 16.2 Å². The van der Waals surface area contributed by atoms with Crippen LogP contribution in [0.3, 0.4) is 0 Å². The van der Waals surface area contributed by atoms with Crippen molar-refractivity contribution in [2.45, 2.75) is 49.0 Å². The quantitative estimate of drug-likeness (QED) is 0.584. The number of amides is 1. The maximum atomic E-state index is 12.5. The largest absolute Gasteiger partial charge is 0.480 e. The molecule has 0 spiro atoms. The topological polar surface area (TPSA) is 122 Å². The number of hydrogen-bond acceptors (Lipinski definition) is 6. The average molecular weight is 365 g/mol. The summed E-state index contributed by atoms with van der Waals surface area (Å²) >= 11 is 1.32. The van der Waals surface area contributed by atoms with Crippen molar-refractivity contribution in [3.8, 4) is 0 Å². The molecule has 5 N–H and O–H groups in total. The van der Waals surface area contributed by atoms with Crippen LogP contribution >= 0.6 is 11.8 Å². The molecule has 1 aromatic carbocycles. The van der Waals surface area contributed by atoms with E-state index < -0.39 is 40.1 Å². The van der Waals surface area contributed by atoms with Gasteiger partial charge >= 0.3 is 5.97 Å². The Balaban J connectivity index is 2.13. The highest BCUT2D eigenvalue weighted by Crippen LogP contribution is 2.39. The summed E-state index contributed by atoms with van der Waals surface area (Å²) in [5.74, 6) is -1.74. The Kier molecular flexibility index (Phi) is 5.87. The number of ketones is 1. The molecule has 0 aliphatic carbocycles. The van der Waals surface area contributed by atoms with Gasteiger partial charge in [0.15, 0.2) is 5.78 Å². The van der Waals surface area contributed by atoms with Crippen LogP contribution in [0.5, 0.6) is 0 Å². The van der Waals surface area contributed by atoms with Gasteiger partial charge in [0.2, 0.25) is 5.91 Å². The lowest BCUT2D eigenvalue weighted by molar-refractivity contribution is -0.140. The predicted molar refractivity (Wildman–Crippen MR) is 96.0 cm³/mol. The third-order valence-corrected chi connectivity index (χ3v) is 5.69. The van der Waals surface area contributed by atoms with Crippen molar-refractivity contribution in [1.29, 1.82) is 0 Å². The van der Waals surface area contributed by atoms with E-state index in [0.29, 0.717) is 5.56 Å². The maximum absolute atomic E-state index is 12.5. The monoisotopic (exact) mass is 365 g/mol. The van der Waals surface area contributed by atoms with Gasteiger partial charge in [-0.1, -0.05) is 30.3 Å². The van der Waals surface area contributed by atoms with Crippen LogP contribution in [0, 0.1) is 0 Å². The summed E-state index contributed by atoms with van der Waals surface area (Å²) < 4.78 is -0.615. The summed E-state index contributed by atoms with van der Waals surface area (Å²) in [4.78, 5) is 35.9. The second-order valence-electron chi connectivity index (χ2n) is 6.57. The number of Topliss-reactive ketones (excluding diaryl/α,β-unsaturated/α-hetero) is 1. The molecule has 136 valence electrons. The van der Waals surface area contributed by atoms with Gasteiger partial charge in [-0.2, -0.15) is 0 Å². The molecule has 0 saturated carbocycles. The van der Waals surface area contributed by atoms with Crippen molar-refractivity contribution in [1.82, 2.24) is 10.6 Å². The lowest BCUT2D eigenvalue weighted by Crippen LogP contribution is -2.54. The second kappa shape index (κ2) is 7.55. The van der Waals surface area contributed by atoms with E-state index in [1.54, 1.807) is 38.1 Å². The second-order valence-corrected chi connectivity index (χ2v) is 8.36. The first kappa shape index (κ1) is 19.4. The van der Waals surface area contributed by atoms with E-state index in [-0.39, 0.29) is 5.78 Å². The fourth-order valence-corrected chi connectivity index (χ4v) is 4.33. The summed E-state index contributed by atoms with van der Waals surface area (Å²) in [6, 6.07) is 6.26. The van der Waals surface area contributed by atoms with Gasteiger partial charge in [0, 0.05) is 4.75 Å². The van der Waals surface area contributed by atoms with Crippen LogP contribution < -0.4 is 16.4 Å². The predicted octanol–water partition coefficient (Wildman–Crippen LogP) is 0.655. The van der Waals surface area contributed by atoms with Crippen molar-refractivity contribution in [2.24, 2.45) is 5.73 Å².